The Bertz CT molecular complexity index is 1180. The Morgan fingerprint density at radius 3 is 2.76 bits per heavy atom. The van der Waals surface area contributed by atoms with Crippen molar-refractivity contribution in [3.63, 3.8) is 0 Å². The third-order valence-electron chi connectivity index (χ3n) is 6.64. The first-order valence-corrected chi connectivity index (χ1v) is 11.7. The minimum absolute atomic E-state index is 0.158. The smallest absolute Gasteiger partial charge is 0.348 e. The summed E-state index contributed by atoms with van der Waals surface area (Å²) in [5.41, 5.74) is 4.83. The first kappa shape index (κ1) is 22.0. The van der Waals surface area contributed by atoms with Gasteiger partial charge in [-0.2, -0.15) is 5.48 Å². The van der Waals surface area contributed by atoms with Crippen molar-refractivity contribution in [2.24, 2.45) is 0 Å². The Kier molecular flexibility index (Phi) is 6.20. The van der Waals surface area contributed by atoms with Crippen molar-refractivity contribution in [1.82, 2.24) is 25.4 Å². The minimum Gasteiger partial charge on any atom is -0.484 e. The van der Waals surface area contributed by atoms with Crippen LogP contribution in [0.4, 0.5) is 10.7 Å². The van der Waals surface area contributed by atoms with Crippen LogP contribution in [0.5, 0.6) is 5.75 Å². The Morgan fingerprint density at radius 1 is 1.09 bits per heavy atom. The highest BCUT2D eigenvalue weighted by molar-refractivity contribution is 5.74. The number of anilines is 1. The lowest BCUT2D eigenvalue weighted by atomic mass is 9.85. The van der Waals surface area contributed by atoms with Crippen LogP contribution in [0, 0.1) is 0 Å². The number of carbonyl (C=O) groups is 2. The van der Waals surface area contributed by atoms with Crippen molar-refractivity contribution < 1.29 is 19.2 Å². The highest BCUT2D eigenvalue weighted by Gasteiger charge is 2.30. The molecule has 2 N–H and O–H groups in total. The van der Waals surface area contributed by atoms with E-state index in [1.54, 1.807) is 0 Å². The van der Waals surface area contributed by atoms with Crippen LogP contribution in [0.25, 0.3) is 5.65 Å². The predicted octanol–water partition coefficient (Wildman–Crippen LogP) is 3.45. The van der Waals surface area contributed by atoms with Crippen molar-refractivity contribution in [2.45, 2.75) is 57.2 Å². The number of rotatable bonds is 6. The van der Waals surface area contributed by atoms with Gasteiger partial charge in [0.05, 0.1) is 12.2 Å². The molecule has 10 heteroatoms. The summed E-state index contributed by atoms with van der Waals surface area (Å²) in [5, 5.41) is 11.7. The van der Waals surface area contributed by atoms with Crippen LogP contribution in [-0.4, -0.2) is 39.7 Å². The maximum Gasteiger partial charge on any atom is 0.348 e. The number of carbonyl (C=O) groups excluding carboxylic acids is 2. The maximum atomic E-state index is 12.0. The van der Waals surface area contributed by atoms with E-state index in [9.17, 15) is 9.59 Å². The van der Waals surface area contributed by atoms with Gasteiger partial charge in [0, 0.05) is 12.6 Å². The van der Waals surface area contributed by atoms with E-state index in [2.05, 4.69) is 32.2 Å². The van der Waals surface area contributed by atoms with Gasteiger partial charge in [-0.15, -0.1) is 10.2 Å². The molecule has 10 nitrogen and oxygen atoms in total. The molecule has 2 aliphatic rings. The van der Waals surface area contributed by atoms with Crippen molar-refractivity contribution in [3.05, 3.63) is 53.7 Å². The van der Waals surface area contributed by atoms with Crippen molar-refractivity contribution in [2.75, 3.05) is 11.4 Å². The first-order chi connectivity index (χ1) is 16.6. The molecule has 34 heavy (non-hydrogen) atoms. The average molecular weight is 465 g/mol. The predicted molar refractivity (Wildman–Crippen MR) is 124 cm³/mol. The molecule has 1 aliphatic carbocycles. The molecular formula is C24H28N6O4. The van der Waals surface area contributed by atoms with E-state index in [4.69, 9.17) is 4.74 Å². The molecule has 0 radical (unpaired) electrons. The monoisotopic (exact) mass is 464 g/mol. The van der Waals surface area contributed by atoms with Crippen LogP contribution in [-0.2, 0) is 9.63 Å². The number of nitrogens with zero attached hydrogens (tertiary/aromatic N) is 4. The molecule has 1 aliphatic heterocycles. The summed E-state index contributed by atoms with van der Waals surface area (Å²) in [4.78, 5) is 28.9. The van der Waals surface area contributed by atoms with Crippen LogP contribution < -0.4 is 20.4 Å². The molecule has 1 saturated heterocycles. The summed E-state index contributed by atoms with van der Waals surface area (Å²) in [7, 11) is 0. The SMILES string of the molecule is C[C@H]1CCCCN1c1nnc2ccc(O[C@@H]3CC[C@H](NC(=O)NOC=O)c4ccccc43)cn12. The van der Waals surface area contributed by atoms with Gasteiger partial charge in [0.15, 0.2) is 5.65 Å². The molecule has 3 atom stereocenters. The van der Waals surface area contributed by atoms with E-state index in [0.29, 0.717) is 18.9 Å². The topological polar surface area (TPSA) is 110 Å². The summed E-state index contributed by atoms with van der Waals surface area (Å²) in [5.74, 6) is 1.59. The molecule has 1 aromatic carbocycles. The van der Waals surface area contributed by atoms with E-state index < -0.39 is 6.03 Å². The zero-order valence-electron chi connectivity index (χ0n) is 19.0. The third-order valence-corrected chi connectivity index (χ3v) is 6.64. The number of benzene rings is 1. The fourth-order valence-corrected chi connectivity index (χ4v) is 4.97. The van der Waals surface area contributed by atoms with Gasteiger partial charge in [0.2, 0.25) is 5.95 Å². The Balaban J connectivity index is 1.37. The molecule has 2 amide bonds. The number of nitrogens with one attached hydrogen (secondary N) is 2. The Labute approximate surface area is 197 Å². The standard InChI is InChI=1S/C24H28N6O4/c1-16-6-4-5-13-29(16)24-27-26-22-12-9-17(14-30(22)24)34-21-11-10-20(25-23(32)28-33-15-31)18-7-2-3-8-19(18)21/h2-3,7-9,12,14-16,20-21H,4-6,10-11,13H2,1H3,(H2,25,28,32)/t16-,20-,21+/m0/s1. The lowest BCUT2D eigenvalue weighted by molar-refractivity contribution is -0.133. The number of urea groups is 1. The third kappa shape index (κ3) is 4.35. The summed E-state index contributed by atoms with van der Waals surface area (Å²) in [6, 6.07) is 11.4. The van der Waals surface area contributed by atoms with Gasteiger partial charge in [-0.1, -0.05) is 24.3 Å². The van der Waals surface area contributed by atoms with Crippen LogP contribution in [0.3, 0.4) is 0 Å². The zero-order chi connectivity index (χ0) is 23.5. The van der Waals surface area contributed by atoms with E-state index in [1.165, 1.54) is 6.42 Å². The largest absolute Gasteiger partial charge is 0.484 e. The second-order valence-electron chi connectivity index (χ2n) is 8.79. The fraction of sp³-hybridized carbons (Fsp3) is 0.417. The quantitative estimate of drug-likeness (QED) is 0.425. The van der Waals surface area contributed by atoms with Crippen molar-refractivity contribution in [1.29, 1.82) is 0 Å². The molecule has 5 rings (SSSR count). The summed E-state index contributed by atoms with van der Waals surface area (Å²) in [6.07, 6.45) is 6.75. The molecule has 178 valence electrons. The molecular weight excluding hydrogens is 436 g/mol. The van der Waals surface area contributed by atoms with Crippen LogP contribution in [0.2, 0.25) is 0 Å². The molecule has 0 unspecified atom stereocenters. The van der Waals surface area contributed by atoms with Gasteiger partial charge in [0.1, 0.15) is 11.9 Å². The van der Waals surface area contributed by atoms with E-state index >= 15 is 0 Å². The van der Waals surface area contributed by atoms with Gasteiger partial charge in [-0.05, 0) is 62.3 Å². The number of hydroxylamine groups is 1. The molecule has 3 aromatic rings. The number of piperidine rings is 1. The van der Waals surface area contributed by atoms with Gasteiger partial charge < -0.3 is 19.8 Å². The lowest BCUT2D eigenvalue weighted by Gasteiger charge is -2.33. The summed E-state index contributed by atoms with van der Waals surface area (Å²) >= 11 is 0. The van der Waals surface area contributed by atoms with Gasteiger partial charge >= 0.3 is 12.5 Å². The van der Waals surface area contributed by atoms with E-state index in [-0.39, 0.29) is 18.6 Å². The number of hydrogen-bond acceptors (Lipinski definition) is 7. The Hall–Kier alpha value is -3.82. The van der Waals surface area contributed by atoms with Crippen molar-refractivity contribution >= 4 is 24.1 Å². The normalized spacial score (nSPS) is 22.0. The fourth-order valence-electron chi connectivity index (χ4n) is 4.97. The van der Waals surface area contributed by atoms with Gasteiger partial charge in [-0.3, -0.25) is 9.20 Å². The second-order valence-corrected chi connectivity index (χ2v) is 8.79. The number of ether oxygens (including phenoxy) is 1. The highest BCUT2D eigenvalue weighted by atomic mass is 16.7. The minimum atomic E-state index is -0.566. The van der Waals surface area contributed by atoms with Gasteiger partial charge in [-0.25, -0.2) is 4.79 Å². The van der Waals surface area contributed by atoms with Crippen LogP contribution in [0.1, 0.15) is 62.3 Å². The number of aromatic nitrogens is 3. The maximum absolute atomic E-state index is 12.0. The number of hydrogen-bond donors (Lipinski definition) is 2. The molecule has 0 bridgehead atoms. The number of fused-ring (bicyclic) bond motifs is 2. The average Bonchev–Trinajstić information content (AvgIpc) is 3.27. The summed E-state index contributed by atoms with van der Waals surface area (Å²) < 4.78 is 8.46. The second kappa shape index (κ2) is 9.58. The van der Waals surface area contributed by atoms with E-state index in [0.717, 1.165) is 47.9 Å². The summed E-state index contributed by atoms with van der Waals surface area (Å²) in [6.45, 7) is 3.38. The molecule has 2 aromatic heterocycles. The van der Waals surface area contributed by atoms with Gasteiger partial charge in [0.25, 0.3) is 0 Å². The number of amides is 2. The first-order valence-electron chi connectivity index (χ1n) is 11.7. The lowest BCUT2D eigenvalue weighted by Crippen LogP contribution is -2.39. The molecule has 0 saturated carbocycles. The molecule has 3 heterocycles. The number of pyridine rings is 1. The molecule has 0 spiro atoms. The zero-order valence-corrected chi connectivity index (χ0v) is 19.0. The van der Waals surface area contributed by atoms with E-state index in [1.807, 2.05) is 52.5 Å². The molecule has 1 fully saturated rings. The highest BCUT2D eigenvalue weighted by Crippen LogP contribution is 2.39. The van der Waals surface area contributed by atoms with Crippen LogP contribution in [0.15, 0.2) is 42.6 Å². The Morgan fingerprint density at radius 2 is 1.94 bits per heavy atom. The van der Waals surface area contributed by atoms with Crippen molar-refractivity contribution in [3.8, 4) is 5.75 Å². The van der Waals surface area contributed by atoms with Crippen LogP contribution >= 0.6 is 0 Å².